The van der Waals surface area contributed by atoms with E-state index in [9.17, 15) is 13.2 Å². The number of carbonyl (C=O) groups is 1. The normalized spacial score (nSPS) is 11.5. The number of aromatic nitrogens is 1. The Kier molecular flexibility index (Phi) is 4.62. The summed E-state index contributed by atoms with van der Waals surface area (Å²) in [5, 5.41) is 11.7. The van der Waals surface area contributed by atoms with Crippen LogP contribution in [0.4, 0.5) is 5.69 Å². The minimum Gasteiger partial charge on any atom is -0.478 e. The molecule has 1 rings (SSSR count). The fourth-order valence-corrected chi connectivity index (χ4v) is 1.94. The highest BCUT2D eigenvalue weighted by Crippen LogP contribution is 2.12. The third kappa shape index (κ3) is 3.67. The van der Waals surface area contributed by atoms with Crippen LogP contribution in [0, 0.1) is 0 Å². The van der Waals surface area contributed by atoms with Crippen LogP contribution in [0.25, 0.3) is 0 Å². The monoisotopic (exact) mass is 273 g/mol. The minimum atomic E-state index is -3.30. The molecule has 0 atom stereocenters. The van der Waals surface area contributed by atoms with E-state index in [1.807, 2.05) is 0 Å². The second-order valence-electron chi connectivity index (χ2n) is 3.75. The molecule has 0 radical (unpaired) electrons. The standard InChI is InChI=1S/C10H15N3O4S/c1-13(2)18(16,17)6-5-12-9-7-11-4-3-8(9)10(14)15/h3-4,7,12H,5-6H2,1-2H3,(H,14,15). The maximum Gasteiger partial charge on any atom is 0.337 e. The lowest BCUT2D eigenvalue weighted by atomic mass is 10.2. The SMILES string of the molecule is CN(C)S(=O)(=O)CCNc1cnccc1C(=O)O. The van der Waals surface area contributed by atoms with Gasteiger partial charge >= 0.3 is 5.97 Å². The molecule has 0 bridgehead atoms. The van der Waals surface area contributed by atoms with Gasteiger partial charge in [0.15, 0.2) is 0 Å². The largest absolute Gasteiger partial charge is 0.478 e. The average molecular weight is 273 g/mol. The number of aromatic carboxylic acids is 1. The van der Waals surface area contributed by atoms with Gasteiger partial charge in [0.25, 0.3) is 0 Å². The van der Waals surface area contributed by atoms with Crippen molar-refractivity contribution in [3.05, 3.63) is 24.0 Å². The lowest BCUT2D eigenvalue weighted by molar-refractivity contribution is 0.0698. The predicted molar refractivity (Wildman–Crippen MR) is 67.2 cm³/mol. The average Bonchev–Trinajstić information content (AvgIpc) is 2.29. The van der Waals surface area contributed by atoms with Crippen molar-refractivity contribution in [1.82, 2.24) is 9.29 Å². The third-order valence-electron chi connectivity index (χ3n) is 2.28. The van der Waals surface area contributed by atoms with E-state index in [0.717, 1.165) is 4.31 Å². The highest BCUT2D eigenvalue weighted by Gasteiger charge is 2.14. The molecular formula is C10H15N3O4S. The van der Waals surface area contributed by atoms with Gasteiger partial charge in [-0.15, -0.1) is 0 Å². The molecule has 0 saturated heterocycles. The van der Waals surface area contributed by atoms with Gasteiger partial charge in [0, 0.05) is 26.8 Å². The van der Waals surface area contributed by atoms with Crippen LogP contribution in [0.15, 0.2) is 18.5 Å². The first-order valence-corrected chi connectivity index (χ1v) is 6.77. The molecule has 0 amide bonds. The molecule has 0 aliphatic heterocycles. The number of carboxylic acid groups (broad SMARTS) is 1. The van der Waals surface area contributed by atoms with Crippen LogP contribution in [0.3, 0.4) is 0 Å². The van der Waals surface area contributed by atoms with E-state index < -0.39 is 16.0 Å². The molecule has 7 nitrogen and oxygen atoms in total. The summed E-state index contributed by atoms with van der Waals surface area (Å²) in [6.07, 6.45) is 2.72. The lowest BCUT2D eigenvalue weighted by Gasteiger charge is -2.12. The van der Waals surface area contributed by atoms with Crippen molar-refractivity contribution < 1.29 is 18.3 Å². The van der Waals surface area contributed by atoms with Crippen LogP contribution in [-0.2, 0) is 10.0 Å². The number of hydrogen-bond acceptors (Lipinski definition) is 5. The maximum absolute atomic E-state index is 11.5. The number of pyridine rings is 1. The smallest absolute Gasteiger partial charge is 0.337 e. The molecule has 0 unspecified atom stereocenters. The van der Waals surface area contributed by atoms with E-state index >= 15 is 0 Å². The van der Waals surface area contributed by atoms with Crippen molar-refractivity contribution in [3.8, 4) is 0 Å². The van der Waals surface area contributed by atoms with Gasteiger partial charge in [-0.05, 0) is 6.07 Å². The molecule has 8 heteroatoms. The summed E-state index contributed by atoms with van der Waals surface area (Å²) in [7, 11) is -0.405. The fraction of sp³-hybridized carbons (Fsp3) is 0.400. The summed E-state index contributed by atoms with van der Waals surface area (Å²) in [5.41, 5.74) is 0.367. The van der Waals surface area contributed by atoms with Crippen molar-refractivity contribution in [2.24, 2.45) is 0 Å². The molecule has 0 fully saturated rings. The molecule has 0 spiro atoms. The zero-order chi connectivity index (χ0) is 13.8. The van der Waals surface area contributed by atoms with Crippen LogP contribution < -0.4 is 5.32 Å². The van der Waals surface area contributed by atoms with Gasteiger partial charge in [0.05, 0.1) is 23.2 Å². The first-order chi connectivity index (χ1) is 8.34. The van der Waals surface area contributed by atoms with Crippen LogP contribution in [0.2, 0.25) is 0 Å². The van der Waals surface area contributed by atoms with Gasteiger partial charge in [-0.2, -0.15) is 0 Å². The van der Waals surface area contributed by atoms with Gasteiger partial charge in [-0.1, -0.05) is 0 Å². The van der Waals surface area contributed by atoms with Gasteiger partial charge in [-0.3, -0.25) is 4.98 Å². The number of rotatable bonds is 6. The number of nitrogens with one attached hydrogen (secondary N) is 1. The Morgan fingerprint density at radius 2 is 2.17 bits per heavy atom. The summed E-state index contributed by atoms with van der Waals surface area (Å²) in [6.45, 7) is 0.118. The number of hydrogen-bond donors (Lipinski definition) is 2. The van der Waals surface area contributed by atoms with Gasteiger partial charge < -0.3 is 10.4 Å². The Morgan fingerprint density at radius 3 is 2.72 bits per heavy atom. The van der Waals surface area contributed by atoms with Crippen LogP contribution in [0.5, 0.6) is 0 Å². The van der Waals surface area contributed by atoms with Crippen LogP contribution >= 0.6 is 0 Å². The van der Waals surface area contributed by atoms with E-state index in [0.29, 0.717) is 5.69 Å². The van der Waals surface area contributed by atoms with Crippen molar-refractivity contribution >= 4 is 21.7 Å². The molecule has 2 N–H and O–H groups in total. The molecule has 1 heterocycles. The summed E-state index contributed by atoms with van der Waals surface area (Å²) in [6, 6.07) is 1.35. The molecule has 0 aromatic carbocycles. The second kappa shape index (κ2) is 5.78. The molecule has 1 aromatic rings. The highest BCUT2D eigenvalue weighted by molar-refractivity contribution is 7.89. The van der Waals surface area contributed by atoms with Crippen molar-refractivity contribution in [3.63, 3.8) is 0 Å². The number of sulfonamides is 1. The van der Waals surface area contributed by atoms with E-state index in [1.165, 1.54) is 32.6 Å². The molecular weight excluding hydrogens is 258 g/mol. The Labute approximate surface area is 106 Å². The van der Waals surface area contributed by atoms with Crippen molar-refractivity contribution in [1.29, 1.82) is 0 Å². The molecule has 0 aliphatic rings. The topological polar surface area (TPSA) is 99.6 Å². The predicted octanol–water partition coefficient (Wildman–Crippen LogP) is 0.0831. The first kappa shape index (κ1) is 14.4. The van der Waals surface area contributed by atoms with E-state index in [1.54, 1.807) is 0 Å². The van der Waals surface area contributed by atoms with Crippen LogP contribution in [0.1, 0.15) is 10.4 Å². The summed E-state index contributed by atoms with van der Waals surface area (Å²) in [5.74, 6) is -1.20. The van der Waals surface area contributed by atoms with E-state index in [4.69, 9.17) is 5.11 Å². The molecule has 18 heavy (non-hydrogen) atoms. The van der Waals surface area contributed by atoms with Crippen molar-refractivity contribution in [2.45, 2.75) is 0 Å². The molecule has 1 aromatic heterocycles. The van der Waals surface area contributed by atoms with Crippen LogP contribution in [-0.4, -0.2) is 55.2 Å². The molecule has 100 valence electrons. The van der Waals surface area contributed by atoms with Crippen molar-refractivity contribution in [2.75, 3.05) is 31.7 Å². The molecule has 0 saturated carbocycles. The third-order valence-corrected chi connectivity index (χ3v) is 4.12. The number of carboxylic acids is 1. The van der Waals surface area contributed by atoms with E-state index in [-0.39, 0.29) is 17.9 Å². The quantitative estimate of drug-likeness (QED) is 0.761. The highest BCUT2D eigenvalue weighted by atomic mass is 32.2. The van der Waals surface area contributed by atoms with Gasteiger partial charge in [-0.25, -0.2) is 17.5 Å². The second-order valence-corrected chi connectivity index (χ2v) is 6.05. The minimum absolute atomic E-state index is 0.0623. The first-order valence-electron chi connectivity index (χ1n) is 5.16. The Morgan fingerprint density at radius 1 is 1.50 bits per heavy atom. The summed E-state index contributed by atoms with van der Waals surface area (Å²) >= 11 is 0. The summed E-state index contributed by atoms with van der Waals surface area (Å²) < 4.78 is 24.1. The lowest BCUT2D eigenvalue weighted by Crippen LogP contribution is -2.28. The Bertz CT molecular complexity index is 528. The number of anilines is 1. The number of nitrogens with zero attached hydrogens (tertiary/aromatic N) is 2. The Hall–Kier alpha value is -1.67. The zero-order valence-corrected chi connectivity index (χ0v) is 10.9. The Balaban J connectivity index is 2.68. The van der Waals surface area contributed by atoms with E-state index in [2.05, 4.69) is 10.3 Å². The fourth-order valence-electron chi connectivity index (χ4n) is 1.22. The zero-order valence-electron chi connectivity index (χ0n) is 10.1. The maximum atomic E-state index is 11.5. The summed E-state index contributed by atoms with van der Waals surface area (Å²) in [4.78, 5) is 14.7. The molecule has 0 aliphatic carbocycles. The van der Waals surface area contributed by atoms with Gasteiger partial charge in [0.1, 0.15) is 0 Å². The van der Waals surface area contributed by atoms with Gasteiger partial charge in [0.2, 0.25) is 10.0 Å².